The molecule has 0 radical (unpaired) electrons. The Morgan fingerprint density at radius 2 is 2.25 bits per heavy atom. The van der Waals surface area contributed by atoms with Crippen LogP contribution in [0, 0.1) is 0 Å². The van der Waals surface area contributed by atoms with Crippen molar-refractivity contribution in [3.8, 4) is 0 Å². The Morgan fingerprint density at radius 3 is 2.75 bits per heavy atom. The molecule has 1 rings (SSSR count). The summed E-state index contributed by atoms with van der Waals surface area (Å²) in [5, 5.41) is 7.70. The molecule has 88 valence electrons. The standard InChI is InChI=1S/C10H14ClN3OS/c1-7(6-16-3)14(2)10(15)8-4-5-9(11)13-12-8/h4-5,7H,6H2,1-3H3. The van der Waals surface area contributed by atoms with Gasteiger partial charge in [0.05, 0.1) is 0 Å². The number of halogens is 1. The highest BCUT2D eigenvalue weighted by molar-refractivity contribution is 7.98. The van der Waals surface area contributed by atoms with E-state index >= 15 is 0 Å². The Labute approximate surface area is 104 Å². The van der Waals surface area contributed by atoms with Crippen molar-refractivity contribution < 1.29 is 4.79 Å². The molecule has 1 unspecified atom stereocenters. The van der Waals surface area contributed by atoms with Crippen LogP contribution in [0.15, 0.2) is 12.1 Å². The molecule has 1 aromatic rings. The molecule has 16 heavy (non-hydrogen) atoms. The molecule has 0 aliphatic carbocycles. The number of rotatable bonds is 4. The minimum absolute atomic E-state index is 0.134. The predicted molar refractivity (Wildman–Crippen MR) is 67.0 cm³/mol. The van der Waals surface area contributed by atoms with Crippen molar-refractivity contribution in [2.75, 3.05) is 19.1 Å². The fourth-order valence-corrected chi connectivity index (χ4v) is 1.97. The van der Waals surface area contributed by atoms with Gasteiger partial charge in [-0.15, -0.1) is 10.2 Å². The van der Waals surface area contributed by atoms with Crippen molar-refractivity contribution in [3.63, 3.8) is 0 Å². The van der Waals surface area contributed by atoms with E-state index in [0.29, 0.717) is 5.69 Å². The molecule has 0 saturated heterocycles. The highest BCUT2D eigenvalue weighted by atomic mass is 35.5. The monoisotopic (exact) mass is 259 g/mol. The third-order valence-corrected chi connectivity index (χ3v) is 3.26. The van der Waals surface area contributed by atoms with E-state index in [1.807, 2.05) is 13.2 Å². The minimum atomic E-state index is -0.134. The van der Waals surface area contributed by atoms with E-state index in [-0.39, 0.29) is 17.1 Å². The summed E-state index contributed by atoms with van der Waals surface area (Å²) in [6.07, 6.45) is 2.01. The van der Waals surface area contributed by atoms with E-state index in [9.17, 15) is 4.79 Å². The summed E-state index contributed by atoms with van der Waals surface area (Å²) in [7, 11) is 1.76. The van der Waals surface area contributed by atoms with Crippen LogP contribution >= 0.6 is 23.4 Å². The van der Waals surface area contributed by atoms with Gasteiger partial charge in [-0.3, -0.25) is 4.79 Å². The van der Waals surface area contributed by atoms with E-state index in [2.05, 4.69) is 10.2 Å². The van der Waals surface area contributed by atoms with Gasteiger partial charge in [0.1, 0.15) is 0 Å². The zero-order chi connectivity index (χ0) is 12.1. The summed E-state index contributed by atoms with van der Waals surface area (Å²) in [6, 6.07) is 3.31. The highest BCUT2D eigenvalue weighted by Gasteiger charge is 2.18. The first-order valence-electron chi connectivity index (χ1n) is 4.81. The van der Waals surface area contributed by atoms with Crippen LogP contribution in [0.1, 0.15) is 17.4 Å². The van der Waals surface area contributed by atoms with Crippen LogP contribution in [0.4, 0.5) is 0 Å². The Hall–Kier alpha value is -0.810. The number of thioether (sulfide) groups is 1. The van der Waals surface area contributed by atoms with Crippen molar-refractivity contribution in [1.82, 2.24) is 15.1 Å². The van der Waals surface area contributed by atoms with Crippen LogP contribution in [-0.2, 0) is 0 Å². The SMILES string of the molecule is CSCC(C)N(C)C(=O)c1ccc(Cl)nn1. The van der Waals surface area contributed by atoms with E-state index < -0.39 is 0 Å². The molecule has 1 amide bonds. The number of aromatic nitrogens is 2. The third kappa shape index (κ3) is 3.35. The first-order chi connectivity index (χ1) is 7.56. The van der Waals surface area contributed by atoms with Crippen LogP contribution in [0.2, 0.25) is 5.15 Å². The highest BCUT2D eigenvalue weighted by Crippen LogP contribution is 2.09. The second-order valence-corrected chi connectivity index (χ2v) is 4.76. The summed E-state index contributed by atoms with van der Waals surface area (Å²) in [6.45, 7) is 2.00. The van der Waals surface area contributed by atoms with E-state index in [4.69, 9.17) is 11.6 Å². The van der Waals surface area contributed by atoms with E-state index in [1.165, 1.54) is 0 Å². The quantitative estimate of drug-likeness (QED) is 0.829. The lowest BCUT2D eigenvalue weighted by Gasteiger charge is -2.23. The van der Waals surface area contributed by atoms with Gasteiger partial charge in [0.25, 0.3) is 5.91 Å². The lowest BCUT2D eigenvalue weighted by Crippen LogP contribution is -2.37. The Bertz CT molecular complexity index is 358. The third-order valence-electron chi connectivity index (χ3n) is 2.24. The van der Waals surface area contributed by atoms with Gasteiger partial charge in [-0.25, -0.2) is 0 Å². The number of hydrogen-bond donors (Lipinski definition) is 0. The lowest BCUT2D eigenvalue weighted by molar-refractivity contribution is 0.0750. The van der Waals surface area contributed by atoms with Gasteiger partial charge in [-0.05, 0) is 25.3 Å². The summed E-state index contributed by atoms with van der Waals surface area (Å²) >= 11 is 7.31. The van der Waals surface area contributed by atoms with Crippen LogP contribution in [-0.4, -0.2) is 46.1 Å². The molecular formula is C10H14ClN3OS. The fraction of sp³-hybridized carbons (Fsp3) is 0.500. The van der Waals surface area contributed by atoms with Crippen LogP contribution in [0.3, 0.4) is 0 Å². The Morgan fingerprint density at radius 1 is 1.56 bits per heavy atom. The van der Waals surface area contributed by atoms with Crippen molar-refractivity contribution in [1.29, 1.82) is 0 Å². The number of carbonyl (C=O) groups is 1. The molecule has 6 heteroatoms. The minimum Gasteiger partial charge on any atom is -0.337 e. The van der Waals surface area contributed by atoms with Gasteiger partial charge in [0, 0.05) is 18.8 Å². The number of carbonyl (C=O) groups excluding carboxylic acids is 1. The molecule has 1 heterocycles. The van der Waals surface area contributed by atoms with Crippen molar-refractivity contribution in [2.24, 2.45) is 0 Å². The number of amides is 1. The summed E-state index contributed by atoms with van der Waals surface area (Å²) in [5.74, 6) is 0.759. The number of nitrogens with zero attached hydrogens (tertiary/aromatic N) is 3. The van der Waals surface area contributed by atoms with E-state index in [0.717, 1.165) is 5.75 Å². The molecule has 0 bridgehead atoms. The molecular weight excluding hydrogens is 246 g/mol. The largest absolute Gasteiger partial charge is 0.337 e. The predicted octanol–water partition coefficient (Wildman–Crippen LogP) is 1.95. The van der Waals surface area contributed by atoms with Gasteiger partial charge in [0.15, 0.2) is 10.8 Å². The number of hydrogen-bond acceptors (Lipinski definition) is 4. The average molecular weight is 260 g/mol. The van der Waals surface area contributed by atoms with Crippen LogP contribution in [0.25, 0.3) is 0 Å². The second kappa shape index (κ2) is 6.06. The molecule has 1 atom stereocenters. The topological polar surface area (TPSA) is 46.1 Å². The van der Waals surface area contributed by atoms with Crippen molar-refractivity contribution >= 4 is 29.3 Å². The van der Waals surface area contributed by atoms with Crippen LogP contribution in [0.5, 0.6) is 0 Å². The first-order valence-corrected chi connectivity index (χ1v) is 6.58. The van der Waals surface area contributed by atoms with Gasteiger partial charge in [0.2, 0.25) is 0 Å². The zero-order valence-electron chi connectivity index (χ0n) is 9.48. The Balaban J connectivity index is 2.73. The second-order valence-electron chi connectivity index (χ2n) is 3.46. The van der Waals surface area contributed by atoms with Gasteiger partial charge < -0.3 is 4.90 Å². The molecule has 0 N–H and O–H groups in total. The average Bonchev–Trinajstić information content (AvgIpc) is 2.28. The lowest BCUT2D eigenvalue weighted by atomic mass is 10.3. The van der Waals surface area contributed by atoms with Gasteiger partial charge >= 0.3 is 0 Å². The molecule has 0 aliphatic heterocycles. The molecule has 0 saturated carbocycles. The summed E-state index contributed by atoms with van der Waals surface area (Å²) in [4.78, 5) is 13.6. The van der Waals surface area contributed by atoms with Crippen molar-refractivity contribution in [2.45, 2.75) is 13.0 Å². The maximum Gasteiger partial charge on any atom is 0.274 e. The zero-order valence-corrected chi connectivity index (χ0v) is 11.0. The smallest absolute Gasteiger partial charge is 0.274 e. The molecule has 0 aromatic carbocycles. The Kier molecular flexibility index (Phi) is 5.02. The van der Waals surface area contributed by atoms with Gasteiger partial charge in [-0.1, -0.05) is 11.6 Å². The summed E-state index contributed by atoms with van der Waals surface area (Å²) in [5.41, 5.74) is 0.319. The maximum absolute atomic E-state index is 11.9. The molecule has 0 aliphatic rings. The normalized spacial score (nSPS) is 12.2. The van der Waals surface area contributed by atoms with E-state index in [1.54, 1.807) is 35.8 Å². The fourth-order valence-electron chi connectivity index (χ4n) is 1.16. The maximum atomic E-state index is 11.9. The van der Waals surface area contributed by atoms with Crippen molar-refractivity contribution in [3.05, 3.63) is 23.0 Å². The molecule has 1 aromatic heterocycles. The molecule has 4 nitrogen and oxygen atoms in total. The molecule has 0 spiro atoms. The van der Waals surface area contributed by atoms with Crippen LogP contribution < -0.4 is 0 Å². The summed E-state index contributed by atoms with van der Waals surface area (Å²) < 4.78 is 0. The van der Waals surface area contributed by atoms with Gasteiger partial charge in [-0.2, -0.15) is 11.8 Å². The first kappa shape index (κ1) is 13.3. The molecule has 0 fully saturated rings.